The van der Waals surface area contributed by atoms with E-state index in [9.17, 15) is 21.6 Å². The SMILES string of the molecule is Cc1ccc(-c2cc(C(F)(F)F)nn2-c2cc(S(C)(=O)=O)cn2C)cc1. The fourth-order valence-corrected chi connectivity index (χ4v) is 3.23. The Morgan fingerprint density at radius 2 is 1.69 bits per heavy atom. The van der Waals surface area contributed by atoms with Gasteiger partial charge in [0.05, 0.1) is 10.6 Å². The summed E-state index contributed by atoms with van der Waals surface area (Å²) >= 11 is 0. The Balaban J connectivity index is 2.25. The summed E-state index contributed by atoms with van der Waals surface area (Å²) in [5.74, 6) is 0.219. The van der Waals surface area contributed by atoms with Crippen molar-refractivity contribution in [3.63, 3.8) is 0 Å². The number of aromatic nitrogens is 3. The second kappa shape index (κ2) is 6.01. The second-order valence-corrected chi connectivity index (χ2v) is 8.12. The van der Waals surface area contributed by atoms with Crippen LogP contribution in [0.3, 0.4) is 0 Å². The van der Waals surface area contributed by atoms with Crippen molar-refractivity contribution < 1.29 is 21.6 Å². The third-order valence-corrected chi connectivity index (χ3v) is 5.03. The van der Waals surface area contributed by atoms with E-state index in [1.807, 2.05) is 6.92 Å². The van der Waals surface area contributed by atoms with Crippen molar-refractivity contribution in [1.29, 1.82) is 0 Å². The molecule has 26 heavy (non-hydrogen) atoms. The lowest BCUT2D eigenvalue weighted by atomic mass is 10.1. The van der Waals surface area contributed by atoms with Crippen molar-refractivity contribution in [3.05, 3.63) is 53.9 Å². The van der Waals surface area contributed by atoms with E-state index in [2.05, 4.69) is 5.10 Å². The summed E-state index contributed by atoms with van der Waals surface area (Å²) in [6.45, 7) is 1.87. The Morgan fingerprint density at radius 1 is 1.08 bits per heavy atom. The van der Waals surface area contributed by atoms with Gasteiger partial charge in [-0.1, -0.05) is 29.8 Å². The van der Waals surface area contributed by atoms with Gasteiger partial charge in [-0.05, 0) is 13.0 Å². The normalized spacial score (nSPS) is 12.5. The molecule has 0 atom stereocenters. The number of benzene rings is 1. The van der Waals surface area contributed by atoms with Crippen molar-refractivity contribution in [2.75, 3.05) is 6.26 Å². The molecule has 0 unspecified atom stereocenters. The van der Waals surface area contributed by atoms with Gasteiger partial charge in [-0.2, -0.15) is 18.3 Å². The van der Waals surface area contributed by atoms with Crippen LogP contribution in [0.1, 0.15) is 11.3 Å². The summed E-state index contributed by atoms with van der Waals surface area (Å²) in [6.07, 6.45) is -2.23. The standard InChI is InChI=1S/C17H16F3N3O2S/c1-11-4-6-12(7-5-11)14-9-15(17(18,19)20)21-23(14)16-8-13(10-22(16)2)26(3,24)25/h4-10H,1-3H3. The minimum atomic E-state index is -4.62. The first kappa shape index (κ1) is 18.2. The lowest BCUT2D eigenvalue weighted by Crippen LogP contribution is -2.09. The number of rotatable bonds is 3. The maximum Gasteiger partial charge on any atom is 0.435 e. The van der Waals surface area contributed by atoms with Crippen LogP contribution in [-0.4, -0.2) is 29.0 Å². The van der Waals surface area contributed by atoms with Gasteiger partial charge in [-0.3, -0.25) is 0 Å². The zero-order chi connectivity index (χ0) is 19.3. The zero-order valence-corrected chi connectivity index (χ0v) is 15.1. The molecule has 0 saturated heterocycles. The highest BCUT2D eigenvalue weighted by atomic mass is 32.2. The number of halogens is 3. The van der Waals surface area contributed by atoms with Crippen LogP contribution >= 0.6 is 0 Å². The molecule has 0 fully saturated rings. The average Bonchev–Trinajstić information content (AvgIpc) is 3.10. The van der Waals surface area contributed by atoms with Crippen molar-refractivity contribution >= 4 is 9.84 Å². The van der Waals surface area contributed by atoms with E-state index in [0.29, 0.717) is 5.56 Å². The van der Waals surface area contributed by atoms with Gasteiger partial charge in [0.1, 0.15) is 5.82 Å². The monoisotopic (exact) mass is 383 g/mol. The minimum Gasteiger partial charge on any atom is -0.335 e. The molecular formula is C17H16F3N3O2S. The summed E-state index contributed by atoms with van der Waals surface area (Å²) in [5.41, 5.74) is 0.684. The molecule has 3 rings (SSSR count). The van der Waals surface area contributed by atoms with Gasteiger partial charge >= 0.3 is 6.18 Å². The average molecular weight is 383 g/mol. The first-order valence-corrected chi connectivity index (χ1v) is 9.47. The molecule has 0 amide bonds. The van der Waals surface area contributed by atoms with Crippen molar-refractivity contribution in [3.8, 4) is 17.1 Å². The molecule has 0 aliphatic carbocycles. The molecule has 1 aromatic carbocycles. The Morgan fingerprint density at radius 3 is 2.19 bits per heavy atom. The summed E-state index contributed by atoms with van der Waals surface area (Å²) in [7, 11) is -1.95. The van der Waals surface area contributed by atoms with E-state index in [0.717, 1.165) is 22.6 Å². The van der Waals surface area contributed by atoms with Crippen molar-refractivity contribution in [2.24, 2.45) is 7.05 Å². The quantitative estimate of drug-likeness (QED) is 0.694. The molecule has 2 heterocycles. The molecule has 5 nitrogen and oxygen atoms in total. The molecule has 138 valence electrons. The first-order chi connectivity index (χ1) is 12.0. The summed E-state index contributed by atoms with van der Waals surface area (Å²) in [6, 6.07) is 9.23. The molecule has 0 radical (unpaired) electrons. The Hall–Kier alpha value is -2.55. The maximum atomic E-state index is 13.2. The van der Waals surface area contributed by atoms with Crippen LogP contribution in [0.2, 0.25) is 0 Å². The Bertz CT molecular complexity index is 1060. The molecule has 3 aromatic rings. The van der Waals surface area contributed by atoms with Gasteiger partial charge in [-0.15, -0.1) is 0 Å². The van der Waals surface area contributed by atoms with E-state index in [4.69, 9.17) is 0 Å². The molecular weight excluding hydrogens is 367 g/mol. The van der Waals surface area contributed by atoms with E-state index in [-0.39, 0.29) is 16.4 Å². The molecule has 0 spiro atoms. The lowest BCUT2D eigenvalue weighted by molar-refractivity contribution is -0.141. The Kier molecular flexibility index (Phi) is 4.22. The van der Waals surface area contributed by atoms with Gasteiger partial charge in [0.15, 0.2) is 15.5 Å². The number of alkyl halides is 3. The first-order valence-electron chi connectivity index (χ1n) is 7.58. The van der Waals surface area contributed by atoms with E-state index >= 15 is 0 Å². The minimum absolute atomic E-state index is 0.00825. The second-order valence-electron chi connectivity index (χ2n) is 6.11. The fourth-order valence-electron chi connectivity index (χ4n) is 2.56. The van der Waals surface area contributed by atoms with Crippen LogP contribution < -0.4 is 0 Å². The van der Waals surface area contributed by atoms with Crippen LogP contribution in [0.5, 0.6) is 0 Å². The van der Waals surface area contributed by atoms with Crippen molar-refractivity contribution in [2.45, 2.75) is 18.0 Å². The summed E-state index contributed by atoms with van der Waals surface area (Å²) in [5, 5.41) is 3.68. The predicted octanol–water partition coefficient (Wildman–Crippen LogP) is 3.61. The topological polar surface area (TPSA) is 56.9 Å². The van der Waals surface area contributed by atoms with Gasteiger partial charge in [0.25, 0.3) is 0 Å². The molecule has 0 saturated carbocycles. The zero-order valence-electron chi connectivity index (χ0n) is 14.2. The van der Waals surface area contributed by atoms with Gasteiger partial charge in [0.2, 0.25) is 0 Å². The van der Waals surface area contributed by atoms with Gasteiger partial charge < -0.3 is 4.57 Å². The van der Waals surface area contributed by atoms with Crippen LogP contribution in [0.4, 0.5) is 13.2 Å². The molecule has 9 heteroatoms. The molecule has 0 aliphatic rings. The van der Waals surface area contributed by atoms with Crippen LogP contribution in [-0.2, 0) is 23.1 Å². The number of hydrogen-bond acceptors (Lipinski definition) is 3. The van der Waals surface area contributed by atoms with E-state index < -0.39 is 21.7 Å². The predicted molar refractivity (Wildman–Crippen MR) is 90.8 cm³/mol. The lowest BCUT2D eigenvalue weighted by Gasteiger charge is -2.08. The maximum absolute atomic E-state index is 13.2. The highest BCUT2D eigenvalue weighted by Gasteiger charge is 2.35. The summed E-state index contributed by atoms with van der Waals surface area (Å²) in [4.78, 5) is 0.00825. The van der Waals surface area contributed by atoms with Crippen molar-refractivity contribution in [1.82, 2.24) is 14.3 Å². The Labute approximate surface area is 148 Å². The molecule has 0 aliphatic heterocycles. The van der Waals surface area contributed by atoms with Gasteiger partial charge in [-0.25, -0.2) is 13.1 Å². The highest BCUT2D eigenvalue weighted by Crippen LogP contribution is 2.33. The fraction of sp³-hybridized carbons (Fsp3) is 0.235. The summed E-state index contributed by atoms with van der Waals surface area (Å²) < 4.78 is 65.7. The number of sulfone groups is 1. The highest BCUT2D eigenvalue weighted by molar-refractivity contribution is 7.90. The number of nitrogens with zero attached hydrogens (tertiary/aromatic N) is 3. The van der Waals surface area contributed by atoms with Gasteiger partial charge in [0, 0.05) is 31.1 Å². The van der Waals surface area contributed by atoms with Crippen LogP contribution in [0.15, 0.2) is 47.5 Å². The molecule has 0 bridgehead atoms. The third-order valence-electron chi connectivity index (χ3n) is 3.95. The van der Waals surface area contributed by atoms with Crippen LogP contribution in [0, 0.1) is 6.92 Å². The molecule has 2 aromatic heterocycles. The number of aryl methyl sites for hydroxylation is 2. The third kappa shape index (κ3) is 3.39. The largest absolute Gasteiger partial charge is 0.435 e. The van der Waals surface area contributed by atoms with E-state index in [1.54, 1.807) is 31.3 Å². The van der Waals surface area contributed by atoms with E-state index in [1.165, 1.54) is 16.8 Å². The smallest absolute Gasteiger partial charge is 0.335 e. The van der Waals surface area contributed by atoms with Crippen LogP contribution in [0.25, 0.3) is 17.1 Å². The molecule has 0 N–H and O–H groups in total. The number of hydrogen-bond donors (Lipinski definition) is 0.